The first-order chi connectivity index (χ1) is 7.26. The van der Waals surface area contributed by atoms with Gasteiger partial charge < -0.3 is 4.90 Å². The lowest BCUT2D eigenvalue weighted by molar-refractivity contribution is -0.107. The Morgan fingerprint density at radius 3 is 3.20 bits per heavy atom. The Balaban J connectivity index is 2.10. The second kappa shape index (κ2) is 4.06. The highest BCUT2D eigenvalue weighted by Gasteiger charge is 2.40. The molecule has 0 saturated carbocycles. The van der Waals surface area contributed by atoms with E-state index >= 15 is 0 Å². The summed E-state index contributed by atoms with van der Waals surface area (Å²) in [4.78, 5) is 19.0. The second-order valence-electron chi connectivity index (χ2n) is 3.82. The van der Waals surface area contributed by atoms with Crippen LogP contribution in [0.5, 0.6) is 0 Å². The molecule has 0 aromatic carbocycles. The van der Waals surface area contributed by atoms with E-state index in [4.69, 9.17) is 4.84 Å². The smallest absolute Gasteiger partial charge is 0.316 e. The third-order valence-corrected chi connectivity index (χ3v) is 2.78. The van der Waals surface area contributed by atoms with Gasteiger partial charge in [0.05, 0.1) is 12.6 Å². The van der Waals surface area contributed by atoms with E-state index in [2.05, 4.69) is 19.6 Å². The molecule has 0 aromatic rings. The number of carbonyl (C=O) groups excluding carboxylic acids is 1. The van der Waals surface area contributed by atoms with Crippen LogP contribution in [0.4, 0.5) is 4.79 Å². The van der Waals surface area contributed by atoms with Gasteiger partial charge in [0, 0.05) is 13.1 Å². The van der Waals surface area contributed by atoms with Gasteiger partial charge in [-0.05, 0) is 6.42 Å². The SMILES string of the molecule is C=CCON1C(=O)N2CC(CC)=CC1C2. The van der Waals surface area contributed by atoms with Gasteiger partial charge in [0.2, 0.25) is 0 Å². The number of hydrogen-bond acceptors (Lipinski definition) is 2. The summed E-state index contributed by atoms with van der Waals surface area (Å²) in [5.41, 5.74) is 1.31. The number of hydrogen-bond donors (Lipinski definition) is 0. The van der Waals surface area contributed by atoms with Crippen molar-refractivity contribution < 1.29 is 9.63 Å². The van der Waals surface area contributed by atoms with E-state index in [1.807, 2.05) is 4.90 Å². The maximum Gasteiger partial charge on any atom is 0.344 e. The Bertz CT molecular complexity index is 312. The molecule has 2 aliphatic heterocycles. The number of amides is 2. The number of urea groups is 1. The van der Waals surface area contributed by atoms with E-state index < -0.39 is 0 Å². The zero-order valence-corrected chi connectivity index (χ0v) is 8.98. The largest absolute Gasteiger partial charge is 0.344 e. The predicted octanol–water partition coefficient (Wildman–Crippen LogP) is 1.56. The van der Waals surface area contributed by atoms with Crippen molar-refractivity contribution in [2.24, 2.45) is 0 Å². The molecule has 0 aliphatic carbocycles. The summed E-state index contributed by atoms with van der Waals surface area (Å²) >= 11 is 0. The van der Waals surface area contributed by atoms with Crippen LogP contribution < -0.4 is 0 Å². The molecule has 1 atom stereocenters. The maximum absolute atomic E-state index is 11.8. The second-order valence-corrected chi connectivity index (χ2v) is 3.82. The van der Waals surface area contributed by atoms with Gasteiger partial charge in [0.25, 0.3) is 0 Å². The van der Waals surface area contributed by atoms with Gasteiger partial charge in [0.1, 0.15) is 0 Å². The lowest BCUT2D eigenvalue weighted by Crippen LogP contribution is -2.33. The number of hydroxylamine groups is 2. The number of rotatable bonds is 4. The van der Waals surface area contributed by atoms with Crippen molar-refractivity contribution in [2.45, 2.75) is 19.4 Å². The Labute approximate surface area is 89.7 Å². The lowest BCUT2D eigenvalue weighted by atomic mass is 10.1. The minimum atomic E-state index is -0.0263. The first-order valence-electron chi connectivity index (χ1n) is 5.27. The van der Waals surface area contributed by atoms with Crippen molar-refractivity contribution in [3.05, 3.63) is 24.3 Å². The van der Waals surface area contributed by atoms with E-state index in [0.717, 1.165) is 19.5 Å². The standard InChI is InChI=1S/C11H16N2O2/c1-3-5-15-13-10-6-9(4-2)7-12(8-10)11(13)14/h3,6,10H,1,4-5,7-8H2,2H3. The van der Waals surface area contributed by atoms with Crippen LogP contribution in [0.2, 0.25) is 0 Å². The fourth-order valence-electron chi connectivity index (χ4n) is 2.00. The molecule has 1 saturated heterocycles. The van der Waals surface area contributed by atoms with Crippen molar-refractivity contribution in [3.63, 3.8) is 0 Å². The molecule has 0 radical (unpaired) electrons. The van der Waals surface area contributed by atoms with E-state index in [0.29, 0.717) is 6.61 Å². The van der Waals surface area contributed by atoms with Crippen molar-refractivity contribution in [2.75, 3.05) is 19.7 Å². The summed E-state index contributed by atoms with van der Waals surface area (Å²) in [6.45, 7) is 7.56. The lowest BCUT2D eigenvalue weighted by Gasteiger charge is -2.20. The van der Waals surface area contributed by atoms with Gasteiger partial charge in [-0.1, -0.05) is 24.6 Å². The molecule has 82 valence electrons. The van der Waals surface area contributed by atoms with Gasteiger partial charge in [-0.25, -0.2) is 4.79 Å². The third kappa shape index (κ3) is 1.77. The topological polar surface area (TPSA) is 32.8 Å². The van der Waals surface area contributed by atoms with Crippen molar-refractivity contribution >= 4 is 6.03 Å². The molecular formula is C11H16N2O2. The fraction of sp³-hybridized carbons (Fsp3) is 0.545. The molecule has 0 aromatic heterocycles. The van der Waals surface area contributed by atoms with Gasteiger partial charge in [-0.15, -0.1) is 6.58 Å². The first-order valence-corrected chi connectivity index (χ1v) is 5.27. The van der Waals surface area contributed by atoms with Gasteiger partial charge in [0.15, 0.2) is 0 Å². The molecule has 2 bridgehead atoms. The molecule has 2 amide bonds. The quantitative estimate of drug-likeness (QED) is 0.657. The average molecular weight is 208 g/mol. The number of carbonyl (C=O) groups is 1. The van der Waals surface area contributed by atoms with Crippen molar-refractivity contribution in [3.8, 4) is 0 Å². The molecule has 0 N–H and O–H groups in total. The molecule has 2 rings (SSSR count). The molecule has 0 spiro atoms. The highest BCUT2D eigenvalue weighted by Crippen LogP contribution is 2.25. The van der Waals surface area contributed by atoms with Crippen molar-refractivity contribution in [1.29, 1.82) is 0 Å². The summed E-state index contributed by atoms with van der Waals surface area (Å²) in [6.07, 6.45) is 4.79. The van der Waals surface area contributed by atoms with E-state index in [-0.39, 0.29) is 12.1 Å². The summed E-state index contributed by atoms with van der Waals surface area (Å²) in [7, 11) is 0. The Kier molecular flexibility index (Phi) is 2.77. The van der Waals surface area contributed by atoms with Crippen LogP contribution >= 0.6 is 0 Å². The minimum absolute atomic E-state index is 0.0263. The zero-order chi connectivity index (χ0) is 10.8. The molecule has 4 nitrogen and oxygen atoms in total. The van der Waals surface area contributed by atoms with Crippen LogP contribution in [0.3, 0.4) is 0 Å². The molecule has 2 heterocycles. The predicted molar refractivity (Wildman–Crippen MR) is 57.1 cm³/mol. The Morgan fingerprint density at radius 2 is 2.53 bits per heavy atom. The summed E-state index contributed by atoms with van der Waals surface area (Å²) in [5.74, 6) is 0. The van der Waals surface area contributed by atoms with E-state index in [1.54, 1.807) is 6.08 Å². The summed E-state index contributed by atoms with van der Waals surface area (Å²) in [5, 5.41) is 1.46. The van der Waals surface area contributed by atoms with E-state index in [1.165, 1.54) is 10.6 Å². The molecular weight excluding hydrogens is 192 g/mol. The highest BCUT2D eigenvalue weighted by atomic mass is 16.7. The van der Waals surface area contributed by atoms with Crippen LogP contribution in [-0.2, 0) is 4.84 Å². The Hall–Kier alpha value is -1.29. The monoisotopic (exact) mass is 208 g/mol. The molecule has 15 heavy (non-hydrogen) atoms. The van der Waals surface area contributed by atoms with Crippen LogP contribution in [-0.4, -0.2) is 41.7 Å². The van der Waals surface area contributed by atoms with E-state index in [9.17, 15) is 4.79 Å². The van der Waals surface area contributed by atoms with Crippen LogP contribution in [0.15, 0.2) is 24.3 Å². The van der Waals surface area contributed by atoms with Gasteiger partial charge >= 0.3 is 6.03 Å². The zero-order valence-electron chi connectivity index (χ0n) is 8.98. The molecule has 4 heteroatoms. The fourth-order valence-corrected chi connectivity index (χ4v) is 2.00. The number of fused-ring (bicyclic) bond motifs is 2. The van der Waals surface area contributed by atoms with Crippen LogP contribution in [0.25, 0.3) is 0 Å². The summed E-state index contributed by atoms with van der Waals surface area (Å²) in [6, 6.07) is 0.0581. The van der Waals surface area contributed by atoms with Crippen LogP contribution in [0, 0.1) is 0 Å². The average Bonchev–Trinajstić information content (AvgIpc) is 2.48. The molecule has 1 unspecified atom stereocenters. The van der Waals surface area contributed by atoms with Gasteiger partial charge in [-0.2, -0.15) is 5.06 Å². The highest BCUT2D eigenvalue weighted by molar-refractivity contribution is 5.77. The number of nitrogens with zero attached hydrogens (tertiary/aromatic N) is 2. The van der Waals surface area contributed by atoms with Crippen LogP contribution in [0.1, 0.15) is 13.3 Å². The maximum atomic E-state index is 11.8. The Morgan fingerprint density at radius 1 is 1.73 bits per heavy atom. The molecule has 1 fully saturated rings. The normalized spacial score (nSPS) is 24.5. The van der Waals surface area contributed by atoms with Gasteiger partial charge in [-0.3, -0.25) is 4.84 Å². The van der Waals surface area contributed by atoms with Crippen molar-refractivity contribution in [1.82, 2.24) is 9.96 Å². The molecule has 2 aliphatic rings. The summed E-state index contributed by atoms with van der Waals surface area (Å²) < 4.78 is 0. The third-order valence-electron chi connectivity index (χ3n) is 2.78. The first kappa shape index (κ1) is 10.2. The minimum Gasteiger partial charge on any atom is -0.316 e.